The molecule has 0 aliphatic carbocycles. The minimum absolute atomic E-state index is 0.00324. The number of rotatable bonds is 4. The van der Waals surface area contributed by atoms with E-state index in [0.29, 0.717) is 0 Å². The SMILES string of the molecule is CC(=O)CCC1(C(=O)O)CN(C(=O)O)CCC1=O. The molecule has 1 rings (SSSR count). The van der Waals surface area contributed by atoms with Crippen LogP contribution >= 0.6 is 0 Å². The number of likely N-dealkylation sites (tertiary alicyclic amines) is 1. The maximum Gasteiger partial charge on any atom is 0.407 e. The van der Waals surface area contributed by atoms with E-state index in [0.717, 1.165) is 4.90 Å². The Balaban J connectivity index is 2.98. The fourth-order valence-corrected chi connectivity index (χ4v) is 2.03. The van der Waals surface area contributed by atoms with Gasteiger partial charge in [0.05, 0.1) is 0 Å². The van der Waals surface area contributed by atoms with Crippen molar-refractivity contribution in [1.29, 1.82) is 0 Å². The molecule has 1 saturated heterocycles. The van der Waals surface area contributed by atoms with Crippen molar-refractivity contribution < 1.29 is 29.4 Å². The third kappa shape index (κ3) is 2.66. The molecule has 0 aromatic heterocycles. The molecule has 1 fully saturated rings. The summed E-state index contributed by atoms with van der Waals surface area (Å²) in [5.74, 6) is -2.09. The summed E-state index contributed by atoms with van der Waals surface area (Å²) in [5, 5.41) is 18.1. The summed E-state index contributed by atoms with van der Waals surface area (Å²) >= 11 is 0. The van der Waals surface area contributed by atoms with Crippen LogP contribution in [-0.2, 0) is 14.4 Å². The number of carboxylic acids is 1. The van der Waals surface area contributed by atoms with Crippen LogP contribution in [0.15, 0.2) is 0 Å². The van der Waals surface area contributed by atoms with Gasteiger partial charge in [0, 0.05) is 25.9 Å². The van der Waals surface area contributed by atoms with Gasteiger partial charge in [-0.15, -0.1) is 0 Å². The zero-order valence-electron chi connectivity index (χ0n) is 10.0. The van der Waals surface area contributed by atoms with E-state index in [1.54, 1.807) is 0 Å². The molecule has 1 unspecified atom stereocenters. The minimum Gasteiger partial charge on any atom is -0.480 e. The number of hydrogen-bond acceptors (Lipinski definition) is 4. The summed E-state index contributed by atoms with van der Waals surface area (Å²) in [5.41, 5.74) is -1.78. The Morgan fingerprint density at radius 2 is 1.94 bits per heavy atom. The average Bonchev–Trinajstić information content (AvgIpc) is 2.27. The maximum absolute atomic E-state index is 11.8. The van der Waals surface area contributed by atoms with Crippen LogP contribution < -0.4 is 0 Å². The first-order valence-electron chi connectivity index (χ1n) is 5.53. The Labute approximate surface area is 103 Å². The molecule has 0 bridgehead atoms. The molecule has 0 aromatic carbocycles. The monoisotopic (exact) mass is 257 g/mol. The molecule has 2 N–H and O–H groups in total. The molecule has 0 saturated carbocycles. The van der Waals surface area contributed by atoms with Crippen molar-refractivity contribution in [2.75, 3.05) is 13.1 Å². The Hall–Kier alpha value is -1.92. The maximum atomic E-state index is 11.8. The van der Waals surface area contributed by atoms with Gasteiger partial charge in [0.25, 0.3) is 0 Å². The molecule has 0 spiro atoms. The van der Waals surface area contributed by atoms with Crippen LogP contribution in [0, 0.1) is 5.41 Å². The molecule has 1 heterocycles. The van der Waals surface area contributed by atoms with E-state index in [1.165, 1.54) is 6.92 Å². The molecule has 7 heteroatoms. The van der Waals surface area contributed by atoms with Gasteiger partial charge in [0.1, 0.15) is 11.2 Å². The third-order valence-corrected chi connectivity index (χ3v) is 3.19. The van der Waals surface area contributed by atoms with Crippen LogP contribution in [0.25, 0.3) is 0 Å². The number of carbonyl (C=O) groups excluding carboxylic acids is 2. The highest BCUT2D eigenvalue weighted by molar-refractivity contribution is 6.04. The van der Waals surface area contributed by atoms with Gasteiger partial charge >= 0.3 is 12.1 Å². The van der Waals surface area contributed by atoms with Crippen LogP contribution in [0.4, 0.5) is 4.79 Å². The highest BCUT2D eigenvalue weighted by Gasteiger charge is 2.50. The van der Waals surface area contributed by atoms with Crippen LogP contribution in [0.2, 0.25) is 0 Å². The number of carbonyl (C=O) groups is 4. The molecular weight excluding hydrogens is 242 g/mol. The summed E-state index contributed by atoms with van der Waals surface area (Å²) in [7, 11) is 0. The van der Waals surface area contributed by atoms with Gasteiger partial charge in [-0.3, -0.25) is 9.59 Å². The van der Waals surface area contributed by atoms with Gasteiger partial charge < -0.3 is 19.9 Å². The molecule has 7 nitrogen and oxygen atoms in total. The Kier molecular flexibility index (Phi) is 4.05. The second-order valence-corrected chi connectivity index (χ2v) is 4.47. The number of hydrogen-bond donors (Lipinski definition) is 2. The van der Waals surface area contributed by atoms with Crippen molar-refractivity contribution in [3.05, 3.63) is 0 Å². The zero-order chi connectivity index (χ0) is 13.9. The Bertz CT molecular complexity index is 404. The van der Waals surface area contributed by atoms with E-state index in [1.807, 2.05) is 0 Å². The van der Waals surface area contributed by atoms with Gasteiger partial charge in [0.15, 0.2) is 5.78 Å². The van der Waals surface area contributed by atoms with E-state index >= 15 is 0 Å². The third-order valence-electron chi connectivity index (χ3n) is 3.19. The summed E-state index contributed by atoms with van der Waals surface area (Å²) in [6.07, 6.45) is -1.58. The highest BCUT2D eigenvalue weighted by Crippen LogP contribution is 2.32. The molecule has 1 amide bonds. The fraction of sp³-hybridized carbons (Fsp3) is 0.636. The van der Waals surface area contributed by atoms with E-state index in [9.17, 15) is 24.3 Å². The normalized spacial score (nSPS) is 23.8. The van der Waals surface area contributed by atoms with Gasteiger partial charge in [0.2, 0.25) is 0 Å². The van der Waals surface area contributed by atoms with Crippen LogP contribution in [0.5, 0.6) is 0 Å². The molecule has 1 aliphatic rings. The van der Waals surface area contributed by atoms with E-state index < -0.39 is 23.3 Å². The van der Waals surface area contributed by atoms with Crippen LogP contribution in [0.3, 0.4) is 0 Å². The van der Waals surface area contributed by atoms with E-state index in [2.05, 4.69) is 0 Å². The molecule has 0 aromatic rings. The standard InChI is InChI=1S/C11H15NO6/c1-7(13)2-4-11(9(15)16)6-12(10(17)18)5-3-8(11)14/h2-6H2,1H3,(H,15,16)(H,17,18). The number of aliphatic carboxylic acids is 1. The van der Waals surface area contributed by atoms with Crippen molar-refractivity contribution in [3.63, 3.8) is 0 Å². The van der Waals surface area contributed by atoms with Crippen LogP contribution in [-0.4, -0.2) is 51.8 Å². The fourth-order valence-electron chi connectivity index (χ4n) is 2.03. The first-order chi connectivity index (χ1) is 8.29. The number of ketones is 2. The predicted molar refractivity (Wildman–Crippen MR) is 59.2 cm³/mol. The topological polar surface area (TPSA) is 112 Å². The second kappa shape index (κ2) is 5.16. The summed E-state index contributed by atoms with van der Waals surface area (Å²) in [6.45, 7) is 0.921. The van der Waals surface area contributed by atoms with Crippen molar-refractivity contribution in [2.24, 2.45) is 5.41 Å². The lowest BCUT2D eigenvalue weighted by Gasteiger charge is -2.37. The Morgan fingerprint density at radius 1 is 1.33 bits per heavy atom. The number of carboxylic acid groups (broad SMARTS) is 2. The second-order valence-electron chi connectivity index (χ2n) is 4.47. The lowest BCUT2D eigenvalue weighted by molar-refractivity contribution is -0.159. The van der Waals surface area contributed by atoms with Crippen molar-refractivity contribution >= 4 is 23.6 Å². The molecule has 1 aliphatic heterocycles. The number of amides is 1. The largest absolute Gasteiger partial charge is 0.480 e. The van der Waals surface area contributed by atoms with E-state index in [4.69, 9.17) is 5.11 Å². The van der Waals surface area contributed by atoms with Gasteiger partial charge in [-0.05, 0) is 13.3 Å². The van der Waals surface area contributed by atoms with Crippen molar-refractivity contribution in [2.45, 2.75) is 26.2 Å². The lowest BCUT2D eigenvalue weighted by Crippen LogP contribution is -2.55. The van der Waals surface area contributed by atoms with Crippen molar-refractivity contribution in [1.82, 2.24) is 4.90 Å². The molecule has 18 heavy (non-hydrogen) atoms. The Morgan fingerprint density at radius 3 is 2.39 bits per heavy atom. The first-order valence-corrected chi connectivity index (χ1v) is 5.53. The van der Waals surface area contributed by atoms with Crippen LogP contribution in [0.1, 0.15) is 26.2 Å². The van der Waals surface area contributed by atoms with Gasteiger partial charge in [-0.2, -0.15) is 0 Å². The average molecular weight is 257 g/mol. The smallest absolute Gasteiger partial charge is 0.407 e. The minimum atomic E-state index is -1.78. The molecular formula is C11H15NO6. The summed E-state index contributed by atoms with van der Waals surface area (Å²) in [6, 6.07) is 0. The highest BCUT2D eigenvalue weighted by atomic mass is 16.4. The zero-order valence-corrected chi connectivity index (χ0v) is 10.0. The number of nitrogens with zero attached hydrogens (tertiary/aromatic N) is 1. The van der Waals surface area contributed by atoms with Crippen molar-refractivity contribution in [3.8, 4) is 0 Å². The van der Waals surface area contributed by atoms with Gasteiger partial charge in [-0.1, -0.05) is 0 Å². The molecule has 1 atom stereocenters. The van der Waals surface area contributed by atoms with E-state index in [-0.39, 0.29) is 38.1 Å². The number of piperidine rings is 1. The quantitative estimate of drug-likeness (QED) is 0.704. The lowest BCUT2D eigenvalue weighted by atomic mass is 9.75. The predicted octanol–water partition coefficient (Wildman–Crippen LogP) is 0.379. The molecule has 0 radical (unpaired) electrons. The first kappa shape index (κ1) is 14.1. The van der Waals surface area contributed by atoms with Gasteiger partial charge in [-0.25, -0.2) is 4.79 Å². The number of Topliss-reactive ketones (excluding diaryl/α,β-unsaturated/α-hetero) is 2. The summed E-state index contributed by atoms with van der Waals surface area (Å²) in [4.78, 5) is 45.9. The summed E-state index contributed by atoms with van der Waals surface area (Å²) < 4.78 is 0. The molecule has 100 valence electrons.